The van der Waals surface area contributed by atoms with Crippen LogP contribution in [0, 0.1) is 0 Å². The van der Waals surface area contributed by atoms with E-state index < -0.39 is 11.9 Å². The largest absolute Gasteiger partial charge is 0.465 e. The molecule has 0 unspecified atom stereocenters. The van der Waals surface area contributed by atoms with Crippen LogP contribution in [0.5, 0.6) is 0 Å². The van der Waals surface area contributed by atoms with Gasteiger partial charge in [0.1, 0.15) is 12.3 Å². The quantitative estimate of drug-likeness (QED) is 0.479. The van der Waals surface area contributed by atoms with Gasteiger partial charge in [0.2, 0.25) is 0 Å². The highest BCUT2D eigenvalue weighted by molar-refractivity contribution is 6.31. The summed E-state index contributed by atoms with van der Waals surface area (Å²) in [6.45, 7) is -0.129. The van der Waals surface area contributed by atoms with Crippen molar-refractivity contribution in [3.05, 3.63) is 92.9 Å². The van der Waals surface area contributed by atoms with Crippen LogP contribution in [0.4, 0.5) is 0 Å². The van der Waals surface area contributed by atoms with Crippen LogP contribution in [-0.4, -0.2) is 33.6 Å². The van der Waals surface area contributed by atoms with Crippen molar-refractivity contribution in [3.63, 3.8) is 0 Å². The topological polar surface area (TPSA) is 103 Å². The minimum absolute atomic E-state index is 0.0602. The zero-order chi connectivity index (χ0) is 22.0. The molecule has 2 aromatic carbocycles. The maximum absolute atomic E-state index is 12.5. The lowest BCUT2D eigenvalue weighted by Gasteiger charge is -2.06. The van der Waals surface area contributed by atoms with Crippen LogP contribution >= 0.6 is 11.6 Å². The van der Waals surface area contributed by atoms with Gasteiger partial charge in [-0.05, 0) is 23.8 Å². The van der Waals surface area contributed by atoms with E-state index in [0.717, 1.165) is 10.1 Å². The lowest BCUT2D eigenvalue weighted by atomic mass is 10.1. The smallest absolute Gasteiger partial charge is 0.356 e. The average Bonchev–Trinajstić information content (AvgIpc) is 3.22. The maximum atomic E-state index is 12.5. The van der Waals surface area contributed by atoms with E-state index in [1.807, 2.05) is 30.3 Å². The van der Waals surface area contributed by atoms with E-state index in [-0.39, 0.29) is 29.1 Å². The number of nitrogens with zero attached hydrogens (tertiary/aromatic N) is 2. The molecule has 0 saturated carbocycles. The van der Waals surface area contributed by atoms with Gasteiger partial charge in [0.15, 0.2) is 5.65 Å². The highest BCUT2D eigenvalue weighted by Crippen LogP contribution is 2.18. The second kappa shape index (κ2) is 8.45. The molecule has 4 aromatic rings. The van der Waals surface area contributed by atoms with E-state index in [1.54, 1.807) is 6.07 Å². The first-order chi connectivity index (χ1) is 14.9. The molecule has 2 heterocycles. The number of hydrogen-bond acceptors (Lipinski definition) is 6. The Morgan fingerprint density at radius 3 is 2.58 bits per heavy atom. The molecule has 0 saturated heterocycles. The minimum Gasteiger partial charge on any atom is -0.465 e. The monoisotopic (exact) mass is 437 g/mol. The van der Waals surface area contributed by atoms with E-state index >= 15 is 0 Å². The molecular formula is C22H16ClN3O5. The third-order valence-electron chi connectivity index (χ3n) is 4.49. The van der Waals surface area contributed by atoms with Crippen molar-refractivity contribution >= 4 is 29.2 Å². The second-order valence-electron chi connectivity index (χ2n) is 6.62. The summed E-state index contributed by atoms with van der Waals surface area (Å²) in [6, 6.07) is 16.6. The van der Waals surface area contributed by atoms with Gasteiger partial charge < -0.3 is 9.47 Å². The Morgan fingerprint density at radius 1 is 1.06 bits per heavy atom. The number of carbonyl (C=O) groups is 2. The van der Waals surface area contributed by atoms with E-state index in [2.05, 4.69) is 14.8 Å². The number of hydrogen-bond donors (Lipinski definition) is 1. The van der Waals surface area contributed by atoms with Crippen LogP contribution in [0.2, 0.25) is 5.02 Å². The molecule has 2 aromatic heterocycles. The molecule has 8 nitrogen and oxygen atoms in total. The molecule has 0 aliphatic rings. The predicted molar refractivity (Wildman–Crippen MR) is 113 cm³/mol. The van der Waals surface area contributed by atoms with Crippen LogP contribution in [0.1, 0.15) is 26.4 Å². The Hall–Kier alpha value is -3.91. The van der Waals surface area contributed by atoms with Crippen molar-refractivity contribution in [1.82, 2.24) is 14.6 Å². The number of aromatic nitrogens is 3. The molecule has 4 rings (SSSR count). The van der Waals surface area contributed by atoms with Crippen LogP contribution in [-0.2, 0) is 16.1 Å². The van der Waals surface area contributed by atoms with Crippen molar-refractivity contribution in [3.8, 4) is 11.3 Å². The molecule has 0 amide bonds. The number of nitrogens with one attached hydrogen (secondary N) is 1. The molecule has 0 atom stereocenters. The standard InChI is InChI=1S/C22H16ClN3O5/c1-30-21(28)15-7-13(8-16(23)9-15)12-31-22(29)18-10-19-24-17(11-20(27)26(19)25-18)14-5-3-2-4-6-14/h2-11,25H,12H2,1H3. The number of ether oxygens (including phenoxy) is 2. The highest BCUT2D eigenvalue weighted by atomic mass is 35.5. The third kappa shape index (κ3) is 4.34. The summed E-state index contributed by atoms with van der Waals surface area (Å²) < 4.78 is 11.1. The van der Waals surface area contributed by atoms with Crippen LogP contribution in [0.3, 0.4) is 0 Å². The molecule has 31 heavy (non-hydrogen) atoms. The van der Waals surface area contributed by atoms with Gasteiger partial charge in [-0.3, -0.25) is 9.89 Å². The molecule has 0 bridgehead atoms. The summed E-state index contributed by atoms with van der Waals surface area (Å²) in [4.78, 5) is 41.1. The predicted octanol–water partition coefficient (Wildman–Crippen LogP) is 3.49. The van der Waals surface area contributed by atoms with Gasteiger partial charge >= 0.3 is 11.9 Å². The normalized spacial score (nSPS) is 10.8. The fourth-order valence-corrected chi connectivity index (χ4v) is 3.31. The molecule has 0 aliphatic carbocycles. The summed E-state index contributed by atoms with van der Waals surface area (Å²) in [7, 11) is 1.26. The van der Waals surface area contributed by atoms with Gasteiger partial charge in [-0.1, -0.05) is 41.9 Å². The van der Waals surface area contributed by atoms with Crippen LogP contribution in [0.25, 0.3) is 16.9 Å². The lowest BCUT2D eigenvalue weighted by molar-refractivity contribution is 0.0465. The van der Waals surface area contributed by atoms with Gasteiger partial charge in [-0.25, -0.2) is 19.1 Å². The van der Waals surface area contributed by atoms with Crippen molar-refractivity contribution in [2.24, 2.45) is 0 Å². The molecule has 1 N–H and O–H groups in total. The lowest BCUT2D eigenvalue weighted by Crippen LogP contribution is -2.15. The highest BCUT2D eigenvalue weighted by Gasteiger charge is 2.15. The summed E-state index contributed by atoms with van der Waals surface area (Å²) in [5, 5.41) is 3.00. The Labute approximate surface area is 181 Å². The number of halogens is 1. The maximum Gasteiger partial charge on any atom is 0.356 e. The molecular weight excluding hydrogens is 422 g/mol. The third-order valence-corrected chi connectivity index (χ3v) is 4.71. The van der Waals surface area contributed by atoms with Crippen molar-refractivity contribution < 1.29 is 19.1 Å². The van der Waals surface area contributed by atoms with Crippen molar-refractivity contribution in [2.75, 3.05) is 7.11 Å². The zero-order valence-corrected chi connectivity index (χ0v) is 17.1. The fraction of sp³-hybridized carbons (Fsp3) is 0.0909. The molecule has 0 fully saturated rings. The zero-order valence-electron chi connectivity index (χ0n) is 16.3. The van der Waals surface area contributed by atoms with Gasteiger partial charge in [-0.15, -0.1) is 0 Å². The van der Waals surface area contributed by atoms with E-state index in [4.69, 9.17) is 16.3 Å². The van der Waals surface area contributed by atoms with Crippen LogP contribution in [0.15, 0.2) is 65.5 Å². The van der Waals surface area contributed by atoms with E-state index in [0.29, 0.717) is 16.3 Å². The van der Waals surface area contributed by atoms with Crippen molar-refractivity contribution in [2.45, 2.75) is 6.61 Å². The Morgan fingerprint density at radius 2 is 1.84 bits per heavy atom. The summed E-state index contributed by atoms with van der Waals surface area (Å²) in [6.07, 6.45) is 0. The Balaban J connectivity index is 1.56. The number of aromatic amines is 1. The van der Waals surface area contributed by atoms with Crippen LogP contribution < -0.4 is 5.56 Å². The Kier molecular flexibility index (Phi) is 5.55. The molecule has 0 spiro atoms. The SMILES string of the molecule is COC(=O)c1cc(Cl)cc(COC(=O)c2cc3nc(-c4ccccc4)cc(=O)n3[nH]2)c1. The van der Waals surface area contributed by atoms with Gasteiger partial charge in [0.05, 0.1) is 18.4 Å². The first-order valence-corrected chi connectivity index (χ1v) is 9.55. The fourth-order valence-electron chi connectivity index (χ4n) is 3.05. The summed E-state index contributed by atoms with van der Waals surface area (Å²) in [5.41, 5.74) is 2.03. The number of H-pyrrole nitrogens is 1. The van der Waals surface area contributed by atoms with Crippen molar-refractivity contribution in [1.29, 1.82) is 0 Å². The average molecular weight is 438 g/mol. The second-order valence-corrected chi connectivity index (χ2v) is 7.06. The minimum atomic E-state index is -0.689. The Bertz CT molecular complexity index is 1340. The van der Waals surface area contributed by atoms with Gasteiger partial charge in [0.25, 0.3) is 5.56 Å². The van der Waals surface area contributed by atoms with E-state index in [1.165, 1.54) is 31.4 Å². The number of carbonyl (C=O) groups excluding carboxylic acids is 2. The van der Waals surface area contributed by atoms with Gasteiger partial charge in [0, 0.05) is 22.7 Å². The molecule has 0 radical (unpaired) electrons. The number of rotatable bonds is 5. The number of methoxy groups -OCH3 is 1. The molecule has 0 aliphatic heterocycles. The summed E-state index contributed by atoms with van der Waals surface area (Å²) >= 11 is 6.02. The van der Waals surface area contributed by atoms with E-state index in [9.17, 15) is 14.4 Å². The molecule has 9 heteroatoms. The molecule has 156 valence electrons. The first kappa shape index (κ1) is 20.4. The van der Waals surface area contributed by atoms with Gasteiger partial charge in [-0.2, -0.15) is 0 Å². The first-order valence-electron chi connectivity index (χ1n) is 9.18. The number of benzene rings is 2. The number of esters is 2. The number of fused-ring (bicyclic) bond motifs is 1. The summed E-state index contributed by atoms with van der Waals surface area (Å²) in [5.74, 6) is -1.24.